The summed E-state index contributed by atoms with van der Waals surface area (Å²) in [5, 5.41) is 2.61. The van der Waals surface area contributed by atoms with Crippen molar-refractivity contribution in [3.8, 4) is 0 Å². The molecule has 0 saturated carbocycles. The van der Waals surface area contributed by atoms with Gasteiger partial charge in [0.15, 0.2) is 0 Å². The third-order valence-electron chi connectivity index (χ3n) is 3.07. The first kappa shape index (κ1) is 18.0. The summed E-state index contributed by atoms with van der Waals surface area (Å²) >= 11 is -0.169. The largest absolute Gasteiger partial charge is 0.449 e. The minimum Gasteiger partial charge on any atom is -0.449 e. The average Bonchev–Trinajstić information content (AvgIpc) is 2.31. The second kappa shape index (κ2) is 6.36. The quantitative estimate of drug-likeness (QED) is 0.803. The fraction of sp³-hybridized carbons (Fsp3) is 0.462. The van der Waals surface area contributed by atoms with Gasteiger partial charge in [0, 0.05) is 10.3 Å². The van der Waals surface area contributed by atoms with Crippen LogP contribution in [0.25, 0.3) is 0 Å². The molecule has 1 N–H and O–H groups in total. The number of carbonyl (C=O) groups is 1. The van der Waals surface area contributed by atoms with Gasteiger partial charge >= 0.3 is 11.6 Å². The lowest BCUT2D eigenvalue weighted by Gasteiger charge is -2.39. The summed E-state index contributed by atoms with van der Waals surface area (Å²) in [5.74, 6) is 0. The number of amides is 1. The van der Waals surface area contributed by atoms with Crippen molar-refractivity contribution in [2.45, 2.75) is 30.3 Å². The van der Waals surface area contributed by atoms with Gasteiger partial charge in [-0.05, 0) is 23.4 Å². The number of nitrogens with one attached hydrogen (secondary N) is 1. The molecule has 118 valence electrons. The fourth-order valence-corrected chi connectivity index (χ4v) is 2.82. The summed E-state index contributed by atoms with van der Waals surface area (Å²) in [4.78, 5) is 11.5. The van der Waals surface area contributed by atoms with Crippen LogP contribution >= 0.6 is 24.2 Å². The molecule has 0 radical (unpaired) electrons. The molecule has 1 atom stereocenters. The molecule has 0 spiro atoms. The molecule has 21 heavy (non-hydrogen) atoms. The summed E-state index contributed by atoms with van der Waals surface area (Å²) < 4.78 is 42.7. The van der Waals surface area contributed by atoms with Crippen molar-refractivity contribution in [1.29, 1.82) is 0 Å². The van der Waals surface area contributed by atoms with Crippen molar-refractivity contribution in [2.75, 3.05) is 6.61 Å². The van der Waals surface area contributed by atoms with E-state index in [1.807, 2.05) is 13.8 Å². The molecule has 0 aromatic heterocycles. The third kappa shape index (κ3) is 4.44. The molecular formula is C13H15ClF3NO2S. The van der Waals surface area contributed by atoms with E-state index >= 15 is 0 Å². The minimum absolute atomic E-state index is 0. The maximum absolute atomic E-state index is 12.6. The summed E-state index contributed by atoms with van der Waals surface area (Å²) in [6.07, 6.45) is -0.610. The molecule has 1 fully saturated rings. The molecule has 1 aromatic rings. The van der Waals surface area contributed by atoms with Gasteiger partial charge in [-0.15, -0.1) is 12.4 Å². The smallest absolute Gasteiger partial charge is 0.446 e. The number of thioether (sulfide) groups is 1. The number of alkyl carbamates (subject to hydrolysis) is 1. The predicted octanol–water partition coefficient (Wildman–Crippen LogP) is 4.53. The van der Waals surface area contributed by atoms with E-state index in [2.05, 4.69) is 5.32 Å². The number of benzene rings is 1. The monoisotopic (exact) mass is 341 g/mol. The van der Waals surface area contributed by atoms with Gasteiger partial charge in [0.25, 0.3) is 0 Å². The topological polar surface area (TPSA) is 38.3 Å². The van der Waals surface area contributed by atoms with Crippen LogP contribution in [0.15, 0.2) is 29.2 Å². The van der Waals surface area contributed by atoms with Crippen molar-refractivity contribution in [3.63, 3.8) is 0 Å². The first-order valence-electron chi connectivity index (χ1n) is 5.97. The fourth-order valence-electron chi connectivity index (χ4n) is 2.13. The summed E-state index contributed by atoms with van der Waals surface area (Å²) in [5.41, 5.74) is -4.40. The van der Waals surface area contributed by atoms with E-state index in [0.717, 1.165) is 0 Å². The van der Waals surface area contributed by atoms with E-state index in [9.17, 15) is 18.0 Å². The minimum atomic E-state index is -4.37. The highest BCUT2D eigenvalue weighted by atomic mass is 35.5. The summed E-state index contributed by atoms with van der Waals surface area (Å²) in [6.45, 7) is 3.84. The van der Waals surface area contributed by atoms with E-state index in [-0.39, 0.29) is 35.7 Å². The number of carbonyl (C=O) groups excluding carboxylic acids is 1. The zero-order valence-electron chi connectivity index (χ0n) is 11.4. The van der Waals surface area contributed by atoms with Crippen LogP contribution in [0.4, 0.5) is 18.0 Å². The van der Waals surface area contributed by atoms with Crippen LogP contribution in [-0.4, -0.2) is 18.2 Å². The highest BCUT2D eigenvalue weighted by Gasteiger charge is 2.40. The Morgan fingerprint density at radius 2 is 1.95 bits per heavy atom. The van der Waals surface area contributed by atoms with Crippen molar-refractivity contribution < 1.29 is 22.7 Å². The van der Waals surface area contributed by atoms with E-state index in [1.165, 1.54) is 6.07 Å². The van der Waals surface area contributed by atoms with Gasteiger partial charge in [-0.1, -0.05) is 32.0 Å². The SMILES string of the molecule is CC1(C)COC(=O)N[C@H]1c1ccccc1SC(F)(F)F.Cl. The molecule has 1 amide bonds. The van der Waals surface area contributed by atoms with Crippen molar-refractivity contribution in [3.05, 3.63) is 29.8 Å². The molecule has 8 heteroatoms. The molecule has 1 aromatic carbocycles. The van der Waals surface area contributed by atoms with Crippen LogP contribution in [0, 0.1) is 5.41 Å². The van der Waals surface area contributed by atoms with Gasteiger partial charge in [0.05, 0.1) is 6.04 Å². The third-order valence-corrected chi connectivity index (χ3v) is 3.90. The van der Waals surface area contributed by atoms with Crippen LogP contribution in [0.5, 0.6) is 0 Å². The van der Waals surface area contributed by atoms with E-state index < -0.39 is 23.1 Å². The standard InChI is InChI=1S/C13H14F3NO2S.ClH/c1-12(2)7-19-11(18)17-10(12)8-5-3-4-6-9(8)20-13(14,15)16;/h3-6,10H,7H2,1-2H3,(H,17,18);1H/t10-;/m0./s1. The Morgan fingerprint density at radius 1 is 1.33 bits per heavy atom. The van der Waals surface area contributed by atoms with Crippen LogP contribution in [-0.2, 0) is 4.74 Å². The Morgan fingerprint density at radius 3 is 2.57 bits per heavy atom. The van der Waals surface area contributed by atoms with Crippen molar-refractivity contribution in [2.24, 2.45) is 5.41 Å². The number of halogens is 4. The van der Waals surface area contributed by atoms with Crippen molar-refractivity contribution >= 4 is 30.3 Å². The first-order chi connectivity index (χ1) is 9.19. The molecule has 0 bridgehead atoms. The lowest BCUT2D eigenvalue weighted by atomic mass is 9.80. The van der Waals surface area contributed by atoms with Crippen LogP contribution in [0.2, 0.25) is 0 Å². The summed E-state index contributed by atoms with van der Waals surface area (Å²) in [7, 11) is 0. The molecule has 2 rings (SSSR count). The van der Waals surface area contributed by atoms with Gasteiger partial charge < -0.3 is 10.1 Å². The second-order valence-electron chi connectivity index (χ2n) is 5.23. The zero-order valence-corrected chi connectivity index (χ0v) is 13.0. The Labute approximate surface area is 131 Å². The first-order valence-corrected chi connectivity index (χ1v) is 6.79. The normalized spacial score (nSPS) is 21.0. The Kier molecular flexibility index (Phi) is 5.44. The van der Waals surface area contributed by atoms with Gasteiger partial charge in [0.1, 0.15) is 6.61 Å². The number of cyclic esters (lactones) is 1. The predicted molar refractivity (Wildman–Crippen MR) is 76.6 cm³/mol. The van der Waals surface area contributed by atoms with Crippen LogP contribution < -0.4 is 5.32 Å². The van der Waals surface area contributed by atoms with E-state index in [0.29, 0.717) is 5.56 Å². The average molecular weight is 342 g/mol. The zero-order chi connectivity index (χ0) is 15.0. The maximum atomic E-state index is 12.6. The van der Waals surface area contributed by atoms with Gasteiger partial charge in [0.2, 0.25) is 0 Å². The molecule has 1 aliphatic rings. The summed E-state index contributed by atoms with van der Waals surface area (Å²) in [6, 6.07) is 5.70. The molecule has 3 nitrogen and oxygen atoms in total. The van der Waals surface area contributed by atoms with Gasteiger partial charge in [-0.3, -0.25) is 0 Å². The van der Waals surface area contributed by atoms with Crippen LogP contribution in [0.3, 0.4) is 0 Å². The highest BCUT2D eigenvalue weighted by Crippen LogP contribution is 2.44. The highest BCUT2D eigenvalue weighted by molar-refractivity contribution is 8.00. The lowest BCUT2D eigenvalue weighted by molar-refractivity contribution is -0.0329. The number of alkyl halides is 3. The maximum Gasteiger partial charge on any atom is 0.446 e. The number of hydrogen-bond acceptors (Lipinski definition) is 3. The number of hydrogen-bond donors (Lipinski definition) is 1. The van der Waals surface area contributed by atoms with E-state index in [1.54, 1.807) is 18.2 Å². The molecule has 0 aliphatic carbocycles. The Hall–Kier alpha value is -1.08. The van der Waals surface area contributed by atoms with Crippen molar-refractivity contribution in [1.82, 2.24) is 5.32 Å². The molecule has 1 saturated heterocycles. The molecule has 1 heterocycles. The Bertz CT molecular complexity index is 522. The number of ether oxygens (including phenoxy) is 1. The molecule has 1 aliphatic heterocycles. The van der Waals surface area contributed by atoms with Crippen LogP contribution in [0.1, 0.15) is 25.5 Å². The molecule has 0 unspecified atom stereocenters. The lowest BCUT2D eigenvalue weighted by Crippen LogP contribution is -2.47. The Balaban J connectivity index is 0.00000220. The van der Waals surface area contributed by atoms with Gasteiger partial charge in [-0.2, -0.15) is 13.2 Å². The number of rotatable bonds is 2. The van der Waals surface area contributed by atoms with Gasteiger partial charge in [-0.25, -0.2) is 4.79 Å². The second-order valence-corrected chi connectivity index (χ2v) is 6.33. The molecular weight excluding hydrogens is 327 g/mol. The van der Waals surface area contributed by atoms with E-state index in [4.69, 9.17) is 4.74 Å².